The van der Waals surface area contributed by atoms with E-state index in [9.17, 15) is 14.7 Å². The Morgan fingerprint density at radius 3 is 2.42 bits per heavy atom. The Morgan fingerprint density at radius 2 is 1.72 bits per heavy atom. The van der Waals surface area contributed by atoms with E-state index in [4.69, 9.17) is 21.1 Å². The molecule has 0 saturated carbocycles. The first kappa shape index (κ1) is 30.6. The Labute approximate surface area is 263 Å². The van der Waals surface area contributed by atoms with Crippen LogP contribution in [0, 0.1) is 0 Å². The minimum Gasteiger partial charge on any atom is -0.507 e. The second-order valence-electron chi connectivity index (χ2n) is 9.75. The summed E-state index contributed by atoms with van der Waals surface area (Å²) in [6.45, 7) is 2.73. The molecule has 0 spiro atoms. The summed E-state index contributed by atoms with van der Waals surface area (Å²) in [6, 6.07) is 20.5. The van der Waals surface area contributed by atoms with E-state index >= 15 is 0 Å². The van der Waals surface area contributed by atoms with Gasteiger partial charge in [-0.25, -0.2) is 0 Å². The Bertz CT molecular complexity index is 1620. The van der Waals surface area contributed by atoms with Crippen LogP contribution >= 0.6 is 34.7 Å². The van der Waals surface area contributed by atoms with Crippen molar-refractivity contribution < 1.29 is 24.2 Å². The van der Waals surface area contributed by atoms with Gasteiger partial charge in [-0.15, -0.1) is 10.2 Å². The number of hydrogen-bond donors (Lipinski definition) is 1. The summed E-state index contributed by atoms with van der Waals surface area (Å²) >= 11 is 8.94. The van der Waals surface area contributed by atoms with E-state index in [0.717, 1.165) is 24.8 Å². The van der Waals surface area contributed by atoms with Crippen molar-refractivity contribution in [2.45, 2.75) is 42.3 Å². The number of nitrogens with zero attached hydrogens (tertiary/aromatic N) is 3. The van der Waals surface area contributed by atoms with Crippen molar-refractivity contribution in [2.75, 3.05) is 18.6 Å². The third-order valence-electron chi connectivity index (χ3n) is 6.93. The number of benzene rings is 3. The minimum absolute atomic E-state index is 0.0350. The number of anilines is 1. The van der Waals surface area contributed by atoms with Crippen molar-refractivity contribution in [1.82, 2.24) is 10.2 Å². The number of carbonyl (C=O) groups excluding carboxylic acids is 2. The summed E-state index contributed by atoms with van der Waals surface area (Å²) in [7, 11) is 1.54. The summed E-state index contributed by atoms with van der Waals surface area (Å²) in [4.78, 5) is 28.4. The summed E-state index contributed by atoms with van der Waals surface area (Å²) in [5.74, 6) is -0.0446. The van der Waals surface area contributed by atoms with Crippen molar-refractivity contribution in [2.24, 2.45) is 0 Å². The molecule has 11 heteroatoms. The van der Waals surface area contributed by atoms with E-state index in [1.54, 1.807) is 55.6 Å². The quantitative estimate of drug-likeness (QED) is 0.0422. The number of unbranched alkanes of at least 4 members (excludes halogenated alkanes) is 2. The molecule has 0 radical (unpaired) electrons. The van der Waals surface area contributed by atoms with Gasteiger partial charge in [0.05, 0.1) is 25.3 Å². The highest BCUT2D eigenvalue weighted by Gasteiger charge is 2.48. The maximum Gasteiger partial charge on any atom is 0.301 e. The first-order chi connectivity index (χ1) is 20.9. The Kier molecular flexibility index (Phi) is 10.0. The fraction of sp³-hybridized carbons (Fsp3) is 0.250. The molecule has 0 aliphatic carbocycles. The Hall–Kier alpha value is -3.86. The number of aliphatic hydroxyl groups excluding tert-OH is 1. The lowest BCUT2D eigenvalue weighted by atomic mass is 9.95. The van der Waals surface area contributed by atoms with Crippen LogP contribution in [0.3, 0.4) is 0 Å². The number of amides is 1. The van der Waals surface area contributed by atoms with Crippen molar-refractivity contribution in [1.29, 1.82) is 0 Å². The number of Topliss-reactive ketones (excluding diaryl/α,β-unsaturated/α-hetero) is 1. The predicted octanol–water partition coefficient (Wildman–Crippen LogP) is 7.69. The van der Waals surface area contributed by atoms with Crippen molar-refractivity contribution in [3.63, 3.8) is 0 Å². The fourth-order valence-corrected chi connectivity index (χ4v) is 6.80. The lowest BCUT2D eigenvalue weighted by molar-refractivity contribution is -0.132. The van der Waals surface area contributed by atoms with Gasteiger partial charge in [-0.2, -0.15) is 0 Å². The van der Waals surface area contributed by atoms with E-state index in [0.29, 0.717) is 44.3 Å². The lowest BCUT2D eigenvalue weighted by Gasteiger charge is -2.22. The van der Waals surface area contributed by atoms with Crippen LogP contribution in [0.2, 0.25) is 5.02 Å². The largest absolute Gasteiger partial charge is 0.507 e. The Morgan fingerprint density at radius 1 is 1.00 bits per heavy atom. The second-order valence-corrected chi connectivity index (χ2v) is 12.3. The number of carbonyl (C=O) groups is 2. The molecule has 8 nitrogen and oxygen atoms in total. The van der Waals surface area contributed by atoms with Gasteiger partial charge in [-0.05, 0) is 60.0 Å². The van der Waals surface area contributed by atoms with Crippen LogP contribution in [0.4, 0.5) is 5.13 Å². The Balaban J connectivity index is 1.49. The molecular formula is C32H30ClN3O5S2. The van der Waals surface area contributed by atoms with Gasteiger partial charge in [0.15, 0.2) is 4.34 Å². The third-order valence-corrected chi connectivity index (χ3v) is 9.40. The number of hydrogen-bond acceptors (Lipinski definition) is 9. The molecule has 1 atom stereocenters. The molecule has 1 saturated heterocycles. The van der Waals surface area contributed by atoms with E-state index in [2.05, 4.69) is 17.1 Å². The van der Waals surface area contributed by atoms with Crippen molar-refractivity contribution >= 4 is 57.3 Å². The molecular weight excluding hydrogens is 606 g/mol. The van der Waals surface area contributed by atoms with Crippen LogP contribution in [0.1, 0.15) is 48.9 Å². The first-order valence-electron chi connectivity index (χ1n) is 13.8. The average Bonchev–Trinajstić information content (AvgIpc) is 3.60. The number of ketones is 1. The zero-order valence-corrected chi connectivity index (χ0v) is 26.0. The van der Waals surface area contributed by atoms with Crippen LogP contribution in [-0.4, -0.2) is 40.7 Å². The molecule has 3 aromatic carbocycles. The normalized spacial score (nSPS) is 16.1. The molecule has 1 aliphatic rings. The van der Waals surface area contributed by atoms with Gasteiger partial charge in [-0.3, -0.25) is 14.5 Å². The third kappa shape index (κ3) is 6.87. The van der Waals surface area contributed by atoms with Crippen LogP contribution in [0.25, 0.3) is 5.76 Å². The molecule has 1 aliphatic heterocycles. The van der Waals surface area contributed by atoms with Gasteiger partial charge in [-0.1, -0.05) is 84.8 Å². The SMILES string of the molecule is CCCCCOc1ccc(C2/C(=C(/O)c3ccc(OC)cc3)C(=O)C(=O)N2c2nnc(SCc3ccccc3Cl)s2)cc1. The molecule has 0 bridgehead atoms. The molecule has 5 rings (SSSR count). The van der Waals surface area contributed by atoms with E-state index < -0.39 is 17.7 Å². The minimum atomic E-state index is -0.925. The van der Waals surface area contributed by atoms with Gasteiger partial charge in [0.2, 0.25) is 5.13 Å². The maximum absolute atomic E-state index is 13.5. The number of rotatable bonds is 12. The highest BCUT2D eigenvalue weighted by Crippen LogP contribution is 2.44. The first-order valence-corrected chi connectivity index (χ1v) is 16.0. The molecule has 43 heavy (non-hydrogen) atoms. The summed E-state index contributed by atoms with van der Waals surface area (Å²) < 4.78 is 11.7. The zero-order chi connectivity index (χ0) is 30.3. The average molecular weight is 636 g/mol. The van der Waals surface area contributed by atoms with Gasteiger partial charge in [0.1, 0.15) is 17.3 Å². The number of aliphatic hydroxyl groups is 1. The van der Waals surface area contributed by atoms with Gasteiger partial charge >= 0.3 is 5.91 Å². The van der Waals surface area contributed by atoms with Crippen LogP contribution < -0.4 is 14.4 Å². The zero-order valence-electron chi connectivity index (χ0n) is 23.7. The van der Waals surface area contributed by atoms with Crippen LogP contribution in [0.5, 0.6) is 11.5 Å². The number of ether oxygens (including phenoxy) is 2. The molecule has 1 N–H and O–H groups in total. The molecule has 222 valence electrons. The molecule has 4 aromatic rings. The summed E-state index contributed by atoms with van der Waals surface area (Å²) in [5.41, 5.74) is 1.92. The highest BCUT2D eigenvalue weighted by molar-refractivity contribution is 8.00. The fourth-order valence-electron chi connectivity index (χ4n) is 4.65. The second kappa shape index (κ2) is 14.1. The van der Waals surface area contributed by atoms with Gasteiger partial charge in [0.25, 0.3) is 5.78 Å². The highest BCUT2D eigenvalue weighted by atomic mass is 35.5. The van der Waals surface area contributed by atoms with Gasteiger partial charge in [0, 0.05) is 16.3 Å². The maximum atomic E-state index is 13.5. The van der Waals surface area contributed by atoms with Gasteiger partial charge < -0.3 is 14.6 Å². The summed E-state index contributed by atoms with van der Waals surface area (Å²) in [6.07, 6.45) is 3.13. The van der Waals surface area contributed by atoms with E-state index in [-0.39, 0.29) is 16.5 Å². The predicted molar refractivity (Wildman–Crippen MR) is 170 cm³/mol. The lowest BCUT2D eigenvalue weighted by Crippen LogP contribution is -2.29. The smallest absolute Gasteiger partial charge is 0.301 e. The number of halogens is 1. The molecule has 1 amide bonds. The molecule has 1 unspecified atom stereocenters. The summed E-state index contributed by atoms with van der Waals surface area (Å²) in [5, 5.41) is 20.9. The molecule has 1 aromatic heterocycles. The molecule has 2 heterocycles. The van der Waals surface area contributed by atoms with Crippen molar-refractivity contribution in [3.05, 3.63) is 100 Å². The van der Waals surface area contributed by atoms with Crippen LogP contribution in [-0.2, 0) is 15.3 Å². The number of aromatic nitrogens is 2. The molecule has 1 fully saturated rings. The van der Waals surface area contributed by atoms with E-state index in [1.807, 2.05) is 24.3 Å². The number of thioether (sulfide) groups is 1. The van der Waals surface area contributed by atoms with E-state index in [1.165, 1.54) is 28.0 Å². The topological polar surface area (TPSA) is 102 Å². The van der Waals surface area contributed by atoms with Crippen LogP contribution in [0.15, 0.2) is 82.7 Å². The standard InChI is InChI=1S/C32H30ClN3O5S2/c1-3-4-7-18-41-24-16-10-20(11-17-24)27-26(28(37)21-12-14-23(40-2)15-13-21)29(38)30(39)36(27)31-34-35-32(43-31)42-19-22-8-5-6-9-25(22)33/h5-6,8-17,27,37H,3-4,7,18-19H2,1-2H3/b28-26-. The number of methoxy groups -OCH3 is 1. The monoisotopic (exact) mass is 635 g/mol. The van der Waals surface area contributed by atoms with Crippen molar-refractivity contribution in [3.8, 4) is 11.5 Å².